The Morgan fingerprint density at radius 2 is 0.652 bits per heavy atom. The van der Waals surface area contributed by atoms with E-state index in [-0.39, 0.29) is 73.0 Å². The molecule has 8 amide bonds. The molecule has 9 aromatic carbocycles. The number of carboxylic acid groups (broad SMARTS) is 2. The maximum atomic E-state index is 14.9. The minimum atomic E-state index is -1.18. The summed E-state index contributed by atoms with van der Waals surface area (Å²) < 4.78 is 31.9. The third kappa shape index (κ3) is 28.0. The molecule has 0 bridgehead atoms. The van der Waals surface area contributed by atoms with Gasteiger partial charge in [0.05, 0.1) is 88.3 Å². The molecular formula is C107H123N15O19. The van der Waals surface area contributed by atoms with Gasteiger partial charge in [-0.05, 0) is 267 Å². The Morgan fingerprint density at radius 1 is 0.383 bits per heavy atom. The number of carbonyl (C=O) groups is 11. The van der Waals surface area contributed by atoms with E-state index in [1.54, 1.807) is 150 Å². The maximum Gasteiger partial charge on any atom is 0.408 e. The van der Waals surface area contributed by atoms with Crippen LogP contribution >= 0.6 is 0 Å². The maximum absolute atomic E-state index is 14.9. The van der Waals surface area contributed by atoms with Crippen molar-refractivity contribution >= 4 is 65.5 Å². The number of aromatic nitrogens is 6. The zero-order valence-corrected chi connectivity index (χ0v) is 82.6. The van der Waals surface area contributed by atoms with Crippen LogP contribution in [0.5, 0.6) is 17.2 Å². The number of carboxylic acids is 2. The van der Waals surface area contributed by atoms with E-state index in [0.717, 1.165) is 83.8 Å². The number of H-pyrrole nitrogens is 3. The first-order valence-corrected chi connectivity index (χ1v) is 45.4. The molecule has 3 aromatic heterocycles. The van der Waals surface area contributed by atoms with Crippen molar-refractivity contribution in [1.82, 2.24) is 55.2 Å². The molecule has 15 N–H and O–H groups in total. The van der Waals surface area contributed by atoms with E-state index in [1.165, 1.54) is 51.5 Å². The molecule has 6 atom stereocenters. The molecule has 0 saturated heterocycles. The minimum absolute atomic E-state index is 0.00972. The van der Waals surface area contributed by atoms with Crippen LogP contribution in [0, 0.1) is 41.5 Å². The van der Waals surface area contributed by atoms with E-state index in [2.05, 4.69) is 40.5 Å². The second-order valence-corrected chi connectivity index (χ2v) is 36.3. The van der Waals surface area contributed by atoms with E-state index in [9.17, 15) is 63.0 Å². The second-order valence-electron chi connectivity index (χ2n) is 36.3. The van der Waals surface area contributed by atoms with Gasteiger partial charge in [0.15, 0.2) is 0 Å². The Bertz CT molecular complexity index is 6490. The lowest BCUT2D eigenvalue weighted by molar-refractivity contribution is -0.137. The fraction of sp³-hybridized carbons (Fsp3) is 0.308. The van der Waals surface area contributed by atoms with Crippen LogP contribution < -0.4 is 47.8 Å². The Kier molecular flexibility index (Phi) is 35.7. The highest BCUT2D eigenvalue weighted by Gasteiger charge is 2.38. The summed E-state index contributed by atoms with van der Waals surface area (Å²) in [5.74, 6) is -3.58. The van der Waals surface area contributed by atoms with Crippen LogP contribution in [0.25, 0.3) is 33.8 Å². The number of nitrogens with two attached hydrogens (primary N) is 4. The normalized spacial score (nSPS) is 12.4. The predicted octanol–water partition coefficient (Wildman–Crippen LogP) is 15.7. The first-order chi connectivity index (χ1) is 66.7. The molecule has 12 aromatic rings. The van der Waals surface area contributed by atoms with Gasteiger partial charge < -0.3 is 102 Å². The van der Waals surface area contributed by atoms with Gasteiger partial charge in [-0.1, -0.05) is 109 Å². The fourth-order valence-corrected chi connectivity index (χ4v) is 16.4. The van der Waals surface area contributed by atoms with E-state index in [1.807, 2.05) is 146 Å². The summed E-state index contributed by atoms with van der Waals surface area (Å²) in [7, 11) is 5.51. The van der Waals surface area contributed by atoms with Crippen LogP contribution in [-0.2, 0) is 67.5 Å². The van der Waals surface area contributed by atoms with Crippen molar-refractivity contribution in [3.05, 3.63) is 318 Å². The van der Waals surface area contributed by atoms with Gasteiger partial charge in [-0.2, -0.15) is 0 Å². The van der Waals surface area contributed by atoms with Crippen LogP contribution in [0.3, 0.4) is 0 Å². The number of aromatic carboxylic acids is 2. The van der Waals surface area contributed by atoms with Gasteiger partial charge in [0.25, 0.3) is 0 Å². The lowest BCUT2D eigenvalue weighted by Crippen LogP contribution is -2.51. The number of hydrogen-bond acceptors (Lipinski definition) is 21. The molecule has 12 rings (SSSR count). The van der Waals surface area contributed by atoms with Crippen molar-refractivity contribution in [1.29, 1.82) is 0 Å². The number of carbonyl (C=O) groups excluding carboxylic acids is 9. The highest BCUT2D eigenvalue weighted by atomic mass is 16.6. The number of hydrogen-bond donors (Lipinski definition) is 11. The number of primary amides is 3. The van der Waals surface area contributed by atoms with Gasteiger partial charge in [0, 0.05) is 49.2 Å². The molecule has 0 saturated carbocycles. The first kappa shape index (κ1) is 107. The average molecular weight is 1920 g/mol. The molecule has 0 aliphatic rings. The smallest absolute Gasteiger partial charge is 0.408 e. The molecule has 34 nitrogen and oxygen atoms in total. The number of nitrogens with one attached hydrogen (secondary N) is 5. The van der Waals surface area contributed by atoms with Gasteiger partial charge >= 0.3 is 30.1 Å². The number of aryl methyl sites for hydroxylation is 6. The minimum Gasteiger partial charge on any atom is -0.496 e. The summed E-state index contributed by atoms with van der Waals surface area (Å²) in [6.45, 7) is 26.9. The number of aromatic amines is 3. The molecule has 141 heavy (non-hydrogen) atoms. The Balaban J connectivity index is 0.000000218. The fourth-order valence-electron chi connectivity index (χ4n) is 16.4. The largest absolute Gasteiger partial charge is 0.496 e. The van der Waals surface area contributed by atoms with Crippen molar-refractivity contribution in [3.8, 4) is 51.0 Å². The highest BCUT2D eigenvalue weighted by molar-refractivity contribution is 5.97. The zero-order valence-electron chi connectivity index (χ0n) is 82.6. The number of nitrogens with zero attached hydrogens (tertiary/aromatic N) is 6. The quantitative estimate of drug-likeness (QED) is 0.0130. The number of alkyl carbamates (subject to hydrolysis) is 2. The second kappa shape index (κ2) is 47.2. The summed E-state index contributed by atoms with van der Waals surface area (Å²) in [6, 6.07) is 48.5. The highest BCUT2D eigenvalue weighted by Crippen LogP contribution is 2.35. The SMILES string of the molecule is COC(=O)c1cc(CN(C(=O)[C@H](Cc2c(C)cc(C(N)=O)cc2C)NC(=O)OC(C)(C)C)[C@@H](C)c2ncc(-c3ccccc3)[nH]2)ccc1OC.COc1ccc(CN(C(=O)[C@@H](N)Cc2c(C)cc(C(N)=O)cc2C)[C@@H](C)c2ncc(-c3ccccc3)[nH]2)cc1C(=O)O.COc1ccc(CN(C(=O)[C@H](Cc2c(C)cc(C(N)=O)cc2C)NC(=O)OC(C)(C)C)[C@@H](C)c2ncc(-c3ccccc3)[nH]2)cc1C(=O)O. The lowest BCUT2D eigenvalue weighted by atomic mass is 9.93. The molecular weight excluding hydrogens is 1800 g/mol. The van der Waals surface area contributed by atoms with Crippen LogP contribution in [0.2, 0.25) is 0 Å². The van der Waals surface area contributed by atoms with Crippen molar-refractivity contribution in [2.24, 2.45) is 22.9 Å². The van der Waals surface area contributed by atoms with Gasteiger partial charge in [0.2, 0.25) is 35.4 Å². The number of methoxy groups -OCH3 is 4. The number of ether oxygens (including phenoxy) is 6. The lowest BCUT2D eigenvalue weighted by Gasteiger charge is -2.33. The third-order valence-corrected chi connectivity index (χ3v) is 23.7. The van der Waals surface area contributed by atoms with E-state index >= 15 is 0 Å². The monoisotopic (exact) mass is 1920 g/mol. The summed E-state index contributed by atoms with van der Waals surface area (Å²) in [5, 5.41) is 25.1. The van der Waals surface area contributed by atoms with Crippen LogP contribution in [0.15, 0.2) is 201 Å². The number of esters is 1. The van der Waals surface area contributed by atoms with Gasteiger partial charge in [-0.25, -0.2) is 38.9 Å². The molecule has 0 aliphatic carbocycles. The topological polar surface area (TPSA) is 508 Å². The van der Waals surface area contributed by atoms with E-state index in [4.69, 9.17) is 51.4 Å². The van der Waals surface area contributed by atoms with Gasteiger partial charge in [-0.15, -0.1) is 0 Å². The first-order valence-electron chi connectivity index (χ1n) is 45.4. The zero-order chi connectivity index (χ0) is 103. The number of imidazole rings is 3. The molecule has 34 heteroatoms. The van der Waals surface area contributed by atoms with Crippen molar-refractivity contribution < 1.29 is 91.4 Å². The van der Waals surface area contributed by atoms with Crippen LogP contribution in [0.1, 0.15) is 227 Å². The molecule has 0 aliphatic heterocycles. The Labute approximate surface area is 818 Å². The summed E-state index contributed by atoms with van der Waals surface area (Å²) in [4.78, 5) is 171. The van der Waals surface area contributed by atoms with Crippen LogP contribution in [-0.4, -0.2) is 178 Å². The number of benzene rings is 9. The summed E-state index contributed by atoms with van der Waals surface area (Å²) in [6.07, 6.45) is 3.93. The number of amides is 8. The van der Waals surface area contributed by atoms with Crippen molar-refractivity contribution in [2.75, 3.05) is 28.4 Å². The third-order valence-electron chi connectivity index (χ3n) is 23.7. The number of rotatable bonds is 35. The average Bonchev–Trinajstić information content (AvgIpc) is 1.74. The van der Waals surface area contributed by atoms with E-state index in [0.29, 0.717) is 56.6 Å². The molecule has 0 radical (unpaired) electrons. The molecule has 740 valence electrons. The molecule has 0 unspecified atom stereocenters. The van der Waals surface area contributed by atoms with Gasteiger partial charge in [-0.3, -0.25) is 28.8 Å². The summed E-state index contributed by atoms with van der Waals surface area (Å²) in [5.41, 5.74) is 36.3. The molecule has 0 spiro atoms. The van der Waals surface area contributed by atoms with Gasteiger partial charge in [0.1, 0.15) is 74.7 Å². The Hall–Kier alpha value is -16.3. The molecule has 0 fully saturated rings. The standard InChI is InChI=1S/C38H45N5O7.C37H43N5O7.C32H35N5O5/c1-22-16-27(33(39)44)17-23(2)28(22)19-30(42-37(47)50-38(4,5)6)35(45)43(21-25-14-15-32(48-7)29(18-25)36(46)49-8)24(3)34-40-20-31(41-34)26-12-10-9-11-13-26;1-21-15-26(32(38)43)16-22(2)27(21)18-29(41-36(47)49-37(4,5)6)34(44)42(20-24-13-14-31(48-7)28(17-24)35(45)46)23(3)33-39-19-30(40-33)25-11-9-8-10-12-25;1-18-12-23(29(34)38)13-19(2)24(18)15-26(33)31(39)37(17-21-10-11-28(42-4)25(14-21)32(40)41)20(3)30-35-16-27(36-30)22-8-6-5-7-9-22/h9-18,20,24,30H,19,21H2,1-8H3,(H2,39,44)(H,40,41)(H,42,47);8-17,19,23,29H,18,20H2,1-7H3,(H2,38,43)(H,39,40)(H,41,47)(H,45,46);5-14,16,20,26H,15,17,33H2,1-4H3,(H2,34,38)(H,35,36)(H,40,41)/t24-,30-;23-,29-;20-,26-/m000/s1. The van der Waals surface area contributed by atoms with E-state index < -0.39 is 107 Å². The molecule has 3 heterocycles. The Morgan fingerprint density at radius 3 is 0.915 bits per heavy atom. The van der Waals surface area contributed by atoms with Crippen molar-refractivity contribution in [2.45, 2.75) is 190 Å². The van der Waals surface area contributed by atoms with Crippen molar-refractivity contribution in [3.63, 3.8) is 0 Å². The predicted molar refractivity (Wildman–Crippen MR) is 532 cm³/mol. The summed E-state index contributed by atoms with van der Waals surface area (Å²) >= 11 is 0. The van der Waals surface area contributed by atoms with Crippen LogP contribution in [0.4, 0.5) is 9.59 Å².